The second kappa shape index (κ2) is 7.03. The second-order valence-corrected chi connectivity index (χ2v) is 5.46. The van der Waals surface area contributed by atoms with Crippen molar-refractivity contribution in [2.24, 2.45) is 5.41 Å². The molecule has 0 amide bonds. The molecule has 20 heavy (non-hydrogen) atoms. The summed E-state index contributed by atoms with van der Waals surface area (Å²) in [5.41, 5.74) is 0.136. The number of carbonyl (C=O) groups is 1. The molecule has 1 unspecified atom stereocenters. The highest BCUT2D eigenvalue weighted by molar-refractivity contribution is 5.70. The molecule has 5 nitrogen and oxygen atoms in total. The van der Waals surface area contributed by atoms with E-state index in [9.17, 15) is 14.9 Å². The van der Waals surface area contributed by atoms with Crippen LogP contribution in [-0.2, 0) is 16.0 Å². The summed E-state index contributed by atoms with van der Waals surface area (Å²) in [7, 11) is 0. The van der Waals surface area contributed by atoms with Crippen LogP contribution in [0, 0.1) is 15.5 Å². The summed E-state index contributed by atoms with van der Waals surface area (Å²) in [5.74, 6) is -0.391. The average Bonchev–Trinajstić information content (AvgIpc) is 2.36. The van der Waals surface area contributed by atoms with Crippen LogP contribution in [0.5, 0.6) is 0 Å². The number of nitro groups is 1. The van der Waals surface area contributed by atoms with Crippen molar-refractivity contribution in [1.29, 1.82) is 0 Å². The molecule has 0 fully saturated rings. The second-order valence-electron chi connectivity index (χ2n) is 5.46. The van der Waals surface area contributed by atoms with Crippen molar-refractivity contribution in [2.45, 2.75) is 39.7 Å². The number of benzene rings is 1. The number of hydrogen-bond acceptors (Lipinski definition) is 4. The Morgan fingerprint density at radius 3 is 2.45 bits per heavy atom. The lowest BCUT2D eigenvalue weighted by Crippen LogP contribution is -2.40. The van der Waals surface area contributed by atoms with Gasteiger partial charge in [-0.1, -0.05) is 44.2 Å². The minimum Gasteiger partial charge on any atom is -0.466 e. The Labute approximate surface area is 119 Å². The maximum atomic E-state index is 11.6. The summed E-state index contributed by atoms with van der Waals surface area (Å²) in [5, 5.41) is 11.3. The van der Waals surface area contributed by atoms with Gasteiger partial charge in [0.2, 0.25) is 6.04 Å². The summed E-state index contributed by atoms with van der Waals surface area (Å²) in [6.45, 7) is 5.48. The lowest BCUT2D eigenvalue weighted by atomic mass is 9.78. The third-order valence-electron chi connectivity index (χ3n) is 3.33. The topological polar surface area (TPSA) is 69.4 Å². The molecule has 1 rings (SSSR count). The summed E-state index contributed by atoms with van der Waals surface area (Å²) in [6, 6.07) is 8.46. The molecule has 110 valence electrons. The fourth-order valence-corrected chi connectivity index (χ4v) is 2.18. The largest absolute Gasteiger partial charge is 0.466 e. The normalized spacial score (nSPS) is 12.8. The van der Waals surface area contributed by atoms with Crippen LogP contribution in [0.4, 0.5) is 0 Å². The molecule has 0 radical (unpaired) electrons. The summed E-state index contributed by atoms with van der Waals surface area (Å²) >= 11 is 0. The molecule has 0 aliphatic heterocycles. The molecule has 0 bridgehead atoms. The van der Waals surface area contributed by atoms with Gasteiger partial charge in [-0.15, -0.1) is 0 Å². The highest BCUT2D eigenvalue weighted by Crippen LogP contribution is 2.30. The lowest BCUT2D eigenvalue weighted by molar-refractivity contribution is -0.540. The molecule has 0 saturated heterocycles. The van der Waals surface area contributed by atoms with Crippen LogP contribution >= 0.6 is 0 Å². The molecule has 0 aliphatic carbocycles. The van der Waals surface area contributed by atoms with Gasteiger partial charge in [0, 0.05) is 16.8 Å². The van der Waals surface area contributed by atoms with E-state index < -0.39 is 17.4 Å². The Hall–Kier alpha value is -1.91. The van der Waals surface area contributed by atoms with E-state index in [-0.39, 0.29) is 18.0 Å². The van der Waals surface area contributed by atoms with Gasteiger partial charge >= 0.3 is 5.97 Å². The number of nitrogens with zero attached hydrogens (tertiary/aromatic N) is 1. The molecule has 0 aromatic heterocycles. The van der Waals surface area contributed by atoms with Gasteiger partial charge in [-0.3, -0.25) is 14.9 Å². The summed E-state index contributed by atoms with van der Waals surface area (Å²) in [6.07, 6.45) is 0.347. The van der Waals surface area contributed by atoms with Crippen molar-refractivity contribution < 1.29 is 14.5 Å². The van der Waals surface area contributed by atoms with E-state index in [1.54, 1.807) is 20.8 Å². The molecule has 1 aromatic carbocycles. The van der Waals surface area contributed by atoms with E-state index in [0.717, 1.165) is 5.56 Å². The van der Waals surface area contributed by atoms with Gasteiger partial charge in [0.25, 0.3) is 0 Å². The van der Waals surface area contributed by atoms with Crippen molar-refractivity contribution in [3.63, 3.8) is 0 Å². The minimum atomic E-state index is -0.825. The molecule has 0 heterocycles. The third-order valence-corrected chi connectivity index (χ3v) is 3.33. The first-order valence-electron chi connectivity index (χ1n) is 6.70. The monoisotopic (exact) mass is 279 g/mol. The predicted octanol–water partition coefficient (Wildman–Crippen LogP) is 2.85. The number of esters is 1. The molecule has 0 aliphatic rings. The molecule has 1 atom stereocenters. The maximum Gasteiger partial charge on any atom is 0.306 e. The van der Waals surface area contributed by atoms with E-state index in [1.165, 1.54) is 0 Å². The lowest BCUT2D eigenvalue weighted by Gasteiger charge is -2.27. The van der Waals surface area contributed by atoms with Crippen LogP contribution in [0.1, 0.15) is 32.8 Å². The minimum absolute atomic E-state index is 0.0410. The Morgan fingerprint density at radius 2 is 1.95 bits per heavy atom. The van der Waals surface area contributed by atoms with Crippen molar-refractivity contribution in [2.75, 3.05) is 6.61 Å². The van der Waals surface area contributed by atoms with Crippen molar-refractivity contribution in [3.05, 3.63) is 46.0 Å². The SMILES string of the molecule is CCOC(=O)CC(C)(C)C(Cc1ccccc1)[N+](=O)[O-]. The van der Waals surface area contributed by atoms with Crippen LogP contribution in [0.25, 0.3) is 0 Å². The summed E-state index contributed by atoms with van der Waals surface area (Å²) in [4.78, 5) is 22.6. The fraction of sp³-hybridized carbons (Fsp3) is 0.533. The van der Waals surface area contributed by atoms with Crippen LogP contribution in [0.3, 0.4) is 0 Å². The molecule has 5 heteroatoms. The van der Waals surface area contributed by atoms with Crippen molar-refractivity contribution in [3.8, 4) is 0 Å². The van der Waals surface area contributed by atoms with Gasteiger partial charge < -0.3 is 4.74 Å². The first-order valence-corrected chi connectivity index (χ1v) is 6.70. The summed E-state index contributed by atoms with van der Waals surface area (Å²) < 4.78 is 4.90. The first-order chi connectivity index (χ1) is 9.36. The molecule has 1 aromatic rings. The standard InChI is InChI=1S/C15H21NO4/c1-4-20-14(17)11-15(2,3)13(16(18)19)10-12-8-6-5-7-9-12/h5-9,13H,4,10-11H2,1-3H3. The highest BCUT2D eigenvalue weighted by atomic mass is 16.6. The number of hydrogen-bond donors (Lipinski definition) is 0. The zero-order valence-electron chi connectivity index (χ0n) is 12.2. The number of carbonyl (C=O) groups excluding carboxylic acids is 1. The Morgan fingerprint density at radius 1 is 1.35 bits per heavy atom. The Kier molecular flexibility index (Phi) is 5.67. The Balaban J connectivity index is 2.84. The van der Waals surface area contributed by atoms with Crippen molar-refractivity contribution >= 4 is 5.97 Å². The van der Waals surface area contributed by atoms with Gasteiger partial charge in [-0.05, 0) is 12.5 Å². The maximum absolute atomic E-state index is 11.6. The van der Waals surface area contributed by atoms with E-state index in [0.29, 0.717) is 6.42 Å². The molecule has 0 saturated carbocycles. The van der Waals surface area contributed by atoms with Gasteiger partial charge in [-0.25, -0.2) is 0 Å². The van der Waals surface area contributed by atoms with Crippen molar-refractivity contribution in [1.82, 2.24) is 0 Å². The van der Waals surface area contributed by atoms with Crippen LogP contribution in [0.15, 0.2) is 30.3 Å². The van der Waals surface area contributed by atoms with Crippen LogP contribution < -0.4 is 0 Å². The molecule has 0 spiro atoms. The Bertz CT molecular complexity index is 456. The fourth-order valence-electron chi connectivity index (χ4n) is 2.18. The van der Waals surface area contributed by atoms with E-state index in [2.05, 4.69) is 0 Å². The number of rotatable bonds is 7. The highest BCUT2D eigenvalue weighted by Gasteiger charge is 2.40. The van der Waals surface area contributed by atoms with E-state index in [4.69, 9.17) is 4.74 Å². The zero-order valence-corrected chi connectivity index (χ0v) is 12.2. The van der Waals surface area contributed by atoms with E-state index in [1.807, 2.05) is 30.3 Å². The first kappa shape index (κ1) is 16.1. The smallest absolute Gasteiger partial charge is 0.306 e. The van der Waals surface area contributed by atoms with Gasteiger partial charge in [-0.2, -0.15) is 0 Å². The third kappa shape index (κ3) is 4.64. The average molecular weight is 279 g/mol. The van der Waals surface area contributed by atoms with Gasteiger partial charge in [0.05, 0.1) is 13.0 Å². The van der Waals surface area contributed by atoms with E-state index >= 15 is 0 Å². The van der Waals surface area contributed by atoms with Gasteiger partial charge in [0.15, 0.2) is 0 Å². The number of ether oxygens (including phenoxy) is 1. The molecular weight excluding hydrogens is 258 g/mol. The zero-order chi connectivity index (χ0) is 15.2. The molecular formula is C15H21NO4. The van der Waals surface area contributed by atoms with Gasteiger partial charge in [0.1, 0.15) is 0 Å². The van der Waals surface area contributed by atoms with Crippen LogP contribution in [0.2, 0.25) is 0 Å². The predicted molar refractivity (Wildman–Crippen MR) is 76.0 cm³/mol. The molecule has 0 N–H and O–H groups in total. The quantitative estimate of drug-likeness (QED) is 0.437. The van der Waals surface area contributed by atoms with Crippen LogP contribution in [-0.4, -0.2) is 23.5 Å².